The predicted octanol–water partition coefficient (Wildman–Crippen LogP) is 5.22. The summed E-state index contributed by atoms with van der Waals surface area (Å²) in [7, 11) is 0. The van der Waals surface area contributed by atoms with Gasteiger partial charge in [0.15, 0.2) is 5.78 Å². The van der Waals surface area contributed by atoms with Gasteiger partial charge in [-0.15, -0.1) is 0 Å². The van der Waals surface area contributed by atoms with E-state index in [0.29, 0.717) is 12.0 Å². The van der Waals surface area contributed by atoms with Crippen molar-refractivity contribution in [3.63, 3.8) is 0 Å². The Hall–Kier alpha value is -2.68. The summed E-state index contributed by atoms with van der Waals surface area (Å²) in [6, 6.07) is 9.90. The fraction of sp³-hybridized carbons (Fsp3) is 0.304. The van der Waals surface area contributed by atoms with E-state index < -0.39 is 5.97 Å². The zero-order chi connectivity index (χ0) is 19.3. The fourth-order valence-electron chi connectivity index (χ4n) is 3.46. The molecule has 2 rings (SSSR count). The van der Waals surface area contributed by atoms with Crippen LogP contribution in [0.3, 0.4) is 0 Å². The Balaban J connectivity index is 2.37. The van der Waals surface area contributed by atoms with Gasteiger partial charge in [0.05, 0.1) is 0 Å². The summed E-state index contributed by atoms with van der Waals surface area (Å²) in [4.78, 5) is 23.4. The van der Waals surface area contributed by atoms with Crippen molar-refractivity contribution < 1.29 is 14.7 Å². The second kappa shape index (κ2) is 8.13. The van der Waals surface area contributed by atoms with E-state index in [1.165, 1.54) is 6.08 Å². The molecule has 0 saturated carbocycles. The molecule has 0 aromatic heterocycles. The maximum atomic E-state index is 12.6. The first-order valence-corrected chi connectivity index (χ1v) is 8.77. The molecule has 0 spiro atoms. The van der Waals surface area contributed by atoms with Crippen LogP contribution in [-0.2, 0) is 9.59 Å². The second-order valence-electron chi connectivity index (χ2n) is 7.49. The van der Waals surface area contributed by atoms with Crippen LogP contribution >= 0.6 is 0 Å². The highest BCUT2D eigenvalue weighted by molar-refractivity contribution is 6.01. The lowest BCUT2D eigenvalue weighted by Gasteiger charge is -2.38. The van der Waals surface area contributed by atoms with Gasteiger partial charge in [0, 0.05) is 24.0 Å². The van der Waals surface area contributed by atoms with Crippen LogP contribution in [0.1, 0.15) is 39.7 Å². The van der Waals surface area contributed by atoms with Crippen molar-refractivity contribution in [1.29, 1.82) is 0 Å². The van der Waals surface area contributed by atoms with Gasteiger partial charge in [0.1, 0.15) is 0 Å². The van der Waals surface area contributed by atoms with Gasteiger partial charge < -0.3 is 5.11 Å². The molecule has 3 nitrogen and oxygen atoms in total. The van der Waals surface area contributed by atoms with Gasteiger partial charge in [-0.3, -0.25) is 4.79 Å². The van der Waals surface area contributed by atoms with Gasteiger partial charge in [-0.2, -0.15) is 0 Å². The van der Waals surface area contributed by atoms with E-state index in [4.69, 9.17) is 5.11 Å². The minimum Gasteiger partial charge on any atom is -0.478 e. The highest BCUT2D eigenvalue weighted by Gasteiger charge is 2.37. The van der Waals surface area contributed by atoms with Crippen molar-refractivity contribution in [2.45, 2.75) is 34.1 Å². The van der Waals surface area contributed by atoms with Gasteiger partial charge in [-0.1, -0.05) is 74.1 Å². The molecule has 1 atom stereocenters. The number of carbonyl (C=O) groups is 2. The van der Waals surface area contributed by atoms with Crippen molar-refractivity contribution in [3.05, 3.63) is 76.9 Å². The van der Waals surface area contributed by atoms with Crippen molar-refractivity contribution in [1.82, 2.24) is 0 Å². The van der Waals surface area contributed by atoms with Crippen molar-refractivity contribution in [2.24, 2.45) is 11.3 Å². The third-order valence-corrected chi connectivity index (χ3v) is 4.79. The minimum atomic E-state index is -0.955. The molecule has 0 radical (unpaired) electrons. The minimum absolute atomic E-state index is 0.0766. The zero-order valence-electron chi connectivity index (χ0n) is 15.8. The number of hydrogen-bond donors (Lipinski definition) is 1. The van der Waals surface area contributed by atoms with Crippen LogP contribution in [0.15, 0.2) is 71.4 Å². The number of rotatable bonds is 5. The summed E-state index contributed by atoms with van der Waals surface area (Å²) in [5.41, 5.74) is 3.31. The Morgan fingerprint density at radius 3 is 2.46 bits per heavy atom. The van der Waals surface area contributed by atoms with E-state index in [9.17, 15) is 9.59 Å². The molecule has 1 N–H and O–H groups in total. The van der Waals surface area contributed by atoms with Gasteiger partial charge in [-0.05, 0) is 30.4 Å². The molecule has 0 amide bonds. The maximum Gasteiger partial charge on any atom is 0.328 e. The van der Waals surface area contributed by atoms with E-state index in [-0.39, 0.29) is 17.1 Å². The monoisotopic (exact) mass is 350 g/mol. The van der Waals surface area contributed by atoms with E-state index in [1.54, 1.807) is 6.92 Å². The van der Waals surface area contributed by atoms with Gasteiger partial charge in [0.25, 0.3) is 0 Å². The molecule has 3 heteroatoms. The third-order valence-electron chi connectivity index (χ3n) is 4.79. The molecule has 1 aliphatic rings. The molecular weight excluding hydrogens is 324 g/mol. The summed E-state index contributed by atoms with van der Waals surface area (Å²) in [6.07, 6.45) is 9.38. The first-order chi connectivity index (χ1) is 12.2. The molecule has 0 fully saturated rings. The van der Waals surface area contributed by atoms with Crippen molar-refractivity contribution in [3.8, 4) is 0 Å². The lowest BCUT2D eigenvalue weighted by Crippen LogP contribution is -2.33. The number of carboxylic acids is 1. The highest BCUT2D eigenvalue weighted by atomic mass is 16.4. The fourth-order valence-corrected chi connectivity index (χ4v) is 3.46. The summed E-state index contributed by atoms with van der Waals surface area (Å²) < 4.78 is 0. The van der Waals surface area contributed by atoms with E-state index >= 15 is 0 Å². The Labute approximate surface area is 155 Å². The average Bonchev–Trinajstić information content (AvgIpc) is 2.53. The Bertz CT molecular complexity index is 805. The van der Waals surface area contributed by atoms with Crippen molar-refractivity contribution >= 4 is 17.8 Å². The Morgan fingerprint density at radius 1 is 1.19 bits per heavy atom. The summed E-state index contributed by atoms with van der Waals surface area (Å²) >= 11 is 0. The molecule has 136 valence electrons. The Morgan fingerprint density at radius 2 is 1.85 bits per heavy atom. The highest BCUT2D eigenvalue weighted by Crippen LogP contribution is 2.43. The van der Waals surface area contributed by atoms with Crippen LogP contribution in [0.2, 0.25) is 0 Å². The molecule has 1 aromatic rings. The number of ketones is 1. The molecule has 0 saturated heterocycles. The summed E-state index contributed by atoms with van der Waals surface area (Å²) in [6.45, 7) is 7.92. The van der Waals surface area contributed by atoms with E-state index in [0.717, 1.165) is 16.7 Å². The normalized spacial score (nSPS) is 21.0. The molecule has 0 bridgehead atoms. The summed E-state index contributed by atoms with van der Waals surface area (Å²) in [5.74, 6) is -0.723. The number of aliphatic carboxylic acids is 1. The predicted molar refractivity (Wildman–Crippen MR) is 106 cm³/mol. The molecular formula is C23H26O3. The number of carboxylic acid groups (broad SMARTS) is 1. The van der Waals surface area contributed by atoms with Crippen LogP contribution in [0.4, 0.5) is 0 Å². The molecule has 1 aliphatic carbocycles. The average molecular weight is 350 g/mol. The first kappa shape index (κ1) is 19.6. The van der Waals surface area contributed by atoms with Gasteiger partial charge in [0.2, 0.25) is 0 Å². The summed E-state index contributed by atoms with van der Waals surface area (Å²) in [5, 5.41) is 8.86. The Kier molecular flexibility index (Phi) is 6.14. The smallest absolute Gasteiger partial charge is 0.328 e. The molecule has 26 heavy (non-hydrogen) atoms. The first-order valence-electron chi connectivity index (χ1n) is 8.77. The van der Waals surface area contributed by atoms with Gasteiger partial charge in [-0.25, -0.2) is 4.79 Å². The van der Waals surface area contributed by atoms with Crippen LogP contribution < -0.4 is 0 Å². The van der Waals surface area contributed by atoms with Gasteiger partial charge >= 0.3 is 5.97 Å². The number of benzene rings is 1. The number of Topliss-reactive ketones (excluding diaryl/α,β-unsaturated/α-hetero) is 1. The zero-order valence-corrected chi connectivity index (χ0v) is 15.8. The largest absolute Gasteiger partial charge is 0.478 e. The third kappa shape index (κ3) is 4.92. The quantitative estimate of drug-likeness (QED) is 0.585. The lowest BCUT2D eigenvalue weighted by atomic mass is 9.65. The van der Waals surface area contributed by atoms with Crippen LogP contribution in [-0.4, -0.2) is 16.9 Å². The van der Waals surface area contributed by atoms with Crippen molar-refractivity contribution in [2.75, 3.05) is 0 Å². The standard InChI is InChI=1S/C23H26O3/c1-16(14-22(25)26)10-13-20-17(2)19(21(24)15-23(20,3)4)12-11-18-8-6-5-7-9-18/h5-14,20H,15H2,1-4H3,(H,25,26)/b12-11+,13-10+,16-14-. The molecule has 0 heterocycles. The SMILES string of the molecule is CC1=C(/C=C/c2ccccc2)C(=O)CC(C)(C)C1/C=C/C(C)=C\C(=O)O. The number of allylic oxidation sites excluding steroid dienone is 6. The number of hydrogen-bond acceptors (Lipinski definition) is 2. The molecule has 1 unspecified atom stereocenters. The van der Waals surface area contributed by atoms with Crippen LogP contribution in [0.5, 0.6) is 0 Å². The lowest BCUT2D eigenvalue weighted by molar-refractivity contribution is -0.131. The van der Waals surface area contributed by atoms with E-state index in [1.807, 2.05) is 61.6 Å². The maximum absolute atomic E-state index is 12.6. The topological polar surface area (TPSA) is 54.4 Å². The molecule has 0 aliphatic heterocycles. The second-order valence-corrected chi connectivity index (χ2v) is 7.49. The van der Waals surface area contributed by atoms with E-state index in [2.05, 4.69) is 13.8 Å². The number of carbonyl (C=O) groups excluding carboxylic acids is 1. The van der Waals surface area contributed by atoms with Crippen LogP contribution in [0.25, 0.3) is 6.08 Å². The van der Waals surface area contributed by atoms with Crippen LogP contribution in [0, 0.1) is 11.3 Å². The molecule has 1 aromatic carbocycles.